The molecule has 0 amide bonds. The second-order valence-electron chi connectivity index (χ2n) is 3.45. The van der Waals surface area contributed by atoms with Gasteiger partial charge in [0.25, 0.3) is 0 Å². The lowest BCUT2D eigenvalue weighted by atomic mass is 9.92. The molecule has 0 N–H and O–H groups in total. The first-order valence-electron chi connectivity index (χ1n) is 4.31. The molecule has 2 aliphatic heterocycles. The Hall–Kier alpha value is -0.980. The Morgan fingerprint density at radius 2 is 2.09 bits per heavy atom. The highest BCUT2D eigenvalue weighted by Crippen LogP contribution is 2.39. The normalized spacial score (nSPS) is 19.1. The summed E-state index contributed by atoms with van der Waals surface area (Å²) in [6, 6.07) is 6.71. The zero-order valence-corrected chi connectivity index (χ0v) is 6.51. The predicted octanol–water partition coefficient (Wildman–Crippen LogP) is 1.95. The summed E-state index contributed by atoms with van der Waals surface area (Å²) >= 11 is 0. The molecule has 0 fully saturated rings. The summed E-state index contributed by atoms with van der Waals surface area (Å²) in [4.78, 5) is 2.49. The van der Waals surface area contributed by atoms with Crippen LogP contribution in [-0.4, -0.2) is 6.54 Å². The van der Waals surface area contributed by atoms with E-state index >= 15 is 0 Å². The summed E-state index contributed by atoms with van der Waals surface area (Å²) in [6.45, 7) is 2.48. The third-order valence-electron chi connectivity index (χ3n) is 2.75. The van der Waals surface area contributed by atoms with E-state index in [4.69, 9.17) is 0 Å². The second kappa shape index (κ2) is 1.79. The molecule has 1 aromatic rings. The van der Waals surface area contributed by atoms with Gasteiger partial charge in [0.15, 0.2) is 0 Å². The van der Waals surface area contributed by atoms with E-state index in [1.807, 2.05) is 0 Å². The lowest BCUT2D eigenvalue weighted by Gasteiger charge is -2.41. The van der Waals surface area contributed by atoms with Gasteiger partial charge in [0.2, 0.25) is 0 Å². The molecule has 0 unspecified atom stereocenters. The maximum absolute atomic E-state index is 2.49. The van der Waals surface area contributed by atoms with Crippen molar-refractivity contribution >= 4 is 5.69 Å². The number of para-hydroxylation sites is 1. The molecule has 56 valence electrons. The Morgan fingerprint density at radius 3 is 3.00 bits per heavy atom. The molecule has 0 saturated carbocycles. The summed E-state index contributed by atoms with van der Waals surface area (Å²) in [5, 5.41) is 0. The van der Waals surface area contributed by atoms with Crippen LogP contribution in [0.15, 0.2) is 18.2 Å². The van der Waals surface area contributed by atoms with Crippen LogP contribution in [0.4, 0.5) is 5.69 Å². The largest absolute Gasteiger partial charge is 0.367 e. The van der Waals surface area contributed by atoms with Crippen LogP contribution in [0.2, 0.25) is 0 Å². The Morgan fingerprint density at radius 1 is 1.18 bits per heavy atom. The summed E-state index contributed by atoms with van der Waals surface area (Å²) in [7, 11) is 0. The van der Waals surface area contributed by atoms with Crippen molar-refractivity contribution in [3.63, 3.8) is 0 Å². The highest BCUT2D eigenvalue weighted by molar-refractivity contribution is 5.68. The van der Waals surface area contributed by atoms with E-state index in [-0.39, 0.29) is 0 Å². The SMILES string of the molecule is c1cc2c3c(c1)CN3CCC2. The second-order valence-corrected chi connectivity index (χ2v) is 3.45. The highest BCUT2D eigenvalue weighted by Gasteiger charge is 2.27. The van der Waals surface area contributed by atoms with E-state index in [0.717, 1.165) is 0 Å². The van der Waals surface area contributed by atoms with Crippen molar-refractivity contribution in [2.45, 2.75) is 19.4 Å². The van der Waals surface area contributed by atoms with Crippen LogP contribution < -0.4 is 4.90 Å². The molecule has 0 aromatic heterocycles. The average Bonchev–Trinajstić information content (AvgIpc) is 2.01. The Bertz CT molecular complexity index is 304. The van der Waals surface area contributed by atoms with Gasteiger partial charge in [0.1, 0.15) is 0 Å². The summed E-state index contributed by atoms with van der Waals surface area (Å²) in [6.07, 6.45) is 2.64. The van der Waals surface area contributed by atoms with Gasteiger partial charge in [-0.15, -0.1) is 0 Å². The molecule has 0 atom stereocenters. The van der Waals surface area contributed by atoms with Gasteiger partial charge in [-0.25, -0.2) is 0 Å². The summed E-state index contributed by atoms with van der Waals surface area (Å²) < 4.78 is 0. The molecule has 0 saturated heterocycles. The van der Waals surface area contributed by atoms with E-state index in [0.29, 0.717) is 0 Å². The van der Waals surface area contributed by atoms with Gasteiger partial charge in [-0.1, -0.05) is 18.2 Å². The zero-order chi connectivity index (χ0) is 7.26. The molecule has 11 heavy (non-hydrogen) atoms. The number of rotatable bonds is 0. The number of nitrogens with zero attached hydrogens (tertiary/aromatic N) is 1. The molecule has 0 spiro atoms. The van der Waals surface area contributed by atoms with E-state index in [1.165, 1.54) is 25.9 Å². The van der Waals surface area contributed by atoms with Crippen LogP contribution in [0.1, 0.15) is 17.5 Å². The van der Waals surface area contributed by atoms with Crippen molar-refractivity contribution < 1.29 is 0 Å². The van der Waals surface area contributed by atoms with Crippen LogP contribution >= 0.6 is 0 Å². The van der Waals surface area contributed by atoms with E-state index in [2.05, 4.69) is 23.1 Å². The maximum atomic E-state index is 2.49. The third kappa shape index (κ3) is 0.609. The minimum Gasteiger partial charge on any atom is -0.367 e. The molecular formula is C10H11N. The number of hydrogen-bond donors (Lipinski definition) is 0. The van der Waals surface area contributed by atoms with Crippen LogP contribution in [0.3, 0.4) is 0 Å². The first-order valence-corrected chi connectivity index (χ1v) is 4.31. The molecule has 0 aliphatic carbocycles. The Kier molecular flexibility index (Phi) is 0.916. The van der Waals surface area contributed by atoms with Crippen LogP contribution in [0.25, 0.3) is 0 Å². The molecule has 2 heterocycles. The first kappa shape index (κ1) is 5.64. The fraction of sp³-hybridized carbons (Fsp3) is 0.400. The van der Waals surface area contributed by atoms with E-state index in [1.54, 1.807) is 16.8 Å². The third-order valence-corrected chi connectivity index (χ3v) is 2.75. The van der Waals surface area contributed by atoms with Crippen molar-refractivity contribution in [3.8, 4) is 0 Å². The topological polar surface area (TPSA) is 3.24 Å². The molecule has 1 nitrogen and oxygen atoms in total. The maximum Gasteiger partial charge on any atom is 0.0452 e. The van der Waals surface area contributed by atoms with E-state index < -0.39 is 0 Å². The van der Waals surface area contributed by atoms with Crippen LogP contribution in [-0.2, 0) is 13.0 Å². The quantitative estimate of drug-likeness (QED) is 0.539. The lowest BCUT2D eigenvalue weighted by molar-refractivity contribution is 0.644. The number of hydrogen-bond acceptors (Lipinski definition) is 1. The van der Waals surface area contributed by atoms with Gasteiger partial charge in [-0.2, -0.15) is 0 Å². The fourth-order valence-electron chi connectivity index (χ4n) is 2.22. The molecule has 3 rings (SSSR count). The van der Waals surface area contributed by atoms with Crippen molar-refractivity contribution in [2.24, 2.45) is 0 Å². The molecular weight excluding hydrogens is 134 g/mol. The van der Waals surface area contributed by atoms with Gasteiger partial charge < -0.3 is 4.90 Å². The first-order chi connectivity index (χ1) is 5.45. The monoisotopic (exact) mass is 145 g/mol. The molecule has 2 aliphatic rings. The van der Waals surface area contributed by atoms with Gasteiger partial charge >= 0.3 is 0 Å². The minimum atomic E-state index is 1.20. The van der Waals surface area contributed by atoms with Gasteiger partial charge in [0.05, 0.1) is 0 Å². The van der Waals surface area contributed by atoms with Crippen LogP contribution in [0, 0.1) is 0 Å². The Balaban J connectivity index is 2.23. The van der Waals surface area contributed by atoms with Crippen molar-refractivity contribution in [2.75, 3.05) is 11.4 Å². The van der Waals surface area contributed by atoms with Crippen molar-refractivity contribution in [1.29, 1.82) is 0 Å². The number of aryl methyl sites for hydroxylation is 1. The zero-order valence-electron chi connectivity index (χ0n) is 6.51. The van der Waals surface area contributed by atoms with Crippen molar-refractivity contribution in [1.82, 2.24) is 0 Å². The van der Waals surface area contributed by atoms with Gasteiger partial charge in [-0.05, 0) is 24.0 Å². The minimum absolute atomic E-state index is 1.20. The molecule has 1 heteroatoms. The average molecular weight is 145 g/mol. The standard InChI is InChI=1S/C10H11N/c1-3-8-5-2-6-11-7-9(4-1)10(8)11/h1,3-4H,2,5-7H2. The number of anilines is 1. The summed E-state index contributed by atoms with van der Waals surface area (Å²) in [5.74, 6) is 0. The predicted molar refractivity (Wildman–Crippen MR) is 45.8 cm³/mol. The fourth-order valence-corrected chi connectivity index (χ4v) is 2.22. The lowest BCUT2D eigenvalue weighted by Crippen LogP contribution is -2.37. The molecule has 1 aromatic carbocycles. The van der Waals surface area contributed by atoms with E-state index in [9.17, 15) is 0 Å². The smallest absolute Gasteiger partial charge is 0.0452 e. The van der Waals surface area contributed by atoms with Gasteiger partial charge in [0, 0.05) is 18.8 Å². The van der Waals surface area contributed by atoms with Crippen molar-refractivity contribution in [3.05, 3.63) is 29.3 Å². The highest BCUT2D eigenvalue weighted by atomic mass is 15.2. The molecule has 0 bridgehead atoms. The van der Waals surface area contributed by atoms with Crippen LogP contribution in [0.5, 0.6) is 0 Å². The summed E-state index contributed by atoms with van der Waals surface area (Å²) in [5.41, 5.74) is 4.68. The Labute approximate surface area is 66.6 Å². The number of benzene rings is 1. The van der Waals surface area contributed by atoms with Gasteiger partial charge in [-0.3, -0.25) is 0 Å². The molecule has 0 radical (unpaired) electrons.